The van der Waals surface area contributed by atoms with Gasteiger partial charge in [0.15, 0.2) is 0 Å². The van der Waals surface area contributed by atoms with Crippen LogP contribution in [0.15, 0.2) is 112 Å². The lowest BCUT2D eigenvalue weighted by Crippen LogP contribution is -2.30. The summed E-state index contributed by atoms with van der Waals surface area (Å²) in [7, 11) is 0. The van der Waals surface area contributed by atoms with E-state index in [4.69, 9.17) is 0 Å². The van der Waals surface area contributed by atoms with E-state index >= 15 is 0 Å². The topological polar surface area (TPSA) is 101 Å². The first-order valence-electron chi connectivity index (χ1n) is 10.4. The number of carbonyl (C=O) groups excluding carboxylic acids is 2. The van der Waals surface area contributed by atoms with Gasteiger partial charge in [-0.3, -0.25) is 19.7 Å². The van der Waals surface area contributed by atoms with Crippen LogP contribution in [0.4, 0.5) is 11.4 Å². The second-order valence-electron chi connectivity index (χ2n) is 7.23. The van der Waals surface area contributed by atoms with Crippen LogP contribution in [-0.4, -0.2) is 16.7 Å². The molecule has 2 N–H and O–H groups in total. The van der Waals surface area contributed by atoms with Crippen molar-refractivity contribution in [3.05, 3.63) is 123 Å². The number of hydrogen-bond acceptors (Lipinski definition) is 6. The molecule has 0 saturated carbocycles. The number of nitro benzene ring substituents is 1. The molecule has 174 valence electrons. The lowest BCUT2D eigenvalue weighted by atomic mass is 10.2. The van der Waals surface area contributed by atoms with E-state index in [1.807, 2.05) is 35.7 Å². The average Bonchev–Trinajstić information content (AvgIpc) is 3.39. The summed E-state index contributed by atoms with van der Waals surface area (Å²) in [6.07, 6.45) is 1.64. The number of hydrogen-bond donors (Lipinski definition) is 2. The molecule has 7 nitrogen and oxygen atoms in total. The average molecular weight is 502 g/mol. The minimum absolute atomic E-state index is 0.0400. The van der Waals surface area contributed by atoms with Gasteiger partial charge in [-0.15, -0.1) is 11.3 Å². The van der Waals surface area contributed by atoms with Gasteiger partial charge in [-0.2, -0.15) is 0 Å². The fourth-order valence-electron chi connectivity index (χ4n) is 3.03. The molecule has 4 aromatic rings. The van der Waals surface area contributed by atoms with Crippen LogP contribution in [0.5, 0.6) is 0 Å². The maximum absolute atomic E-state index is 13.0. The highest BCUT2D eigenvalue weighted by atomic mass is 32.2. The third kappa shape index (κ3) is 6.66. The molecule has 0 aliphatic rings. The molecular weight excluding hydrogens is 482 g/mol. The van der Waals surface area contributed by atoms with E-state index in [9.17, 15) is 19.7 Å². The van der Waals surface area contributed by atoms with Gasteiger partial charge in [0, 0.05) is 38.1 Å². The Balaban J connectivity index is 1.45. The molecule has 3 aromatic carbocycles. The molecule has 0 fully saturated rings. The molecule has 4 rings (SSSR count). The van der Waals surface area contributed by atoms with Gasteiger partial charge in [0.2, 0.25) is 0 Å². The van der Waals surface area contributed by atoms with E-state index in [1.165, 1.54) is 35.2 Å². The van der Waals surface area contributed by atoms with Crippen molar-refractivity contribution in [2.75, 3.05) is 5.32 Å². The van der Waals surface area contributed by atoms with E-state index in [1.54, 1.807) is 54.6 Å². The Morgan fingerprint density at radius 2 is 1.51 bits per heavy atom. The van der Waals surface area contributed by atoms with E-state index in [-0.39, 0.29) is 17.3 Å². The molecule has 9 heteroatoms. The third-order valence-electron chi connectivity index (χ3n) is 4.75. The van der Waals surface area contributed by atoms with Crippen LogP contribution < -0.4 is 10.6 Å². The van der Waals surface area contributed by atoms with Crippen molar-refractivity contribution in [1.29, 1.82) is 0 Å². The summed E-state index contributed by atoms with van der Waals surface area (Å²) in [6, 6.07) is 25.9. The van der Waals surface area contributed by atoms with Gasteiger partial charge >= 0.3 is 0 Å². The molecule has 0 spiro atoms. The first kappa shape index (κ1) is 23.9. The van der Waals surface area contributed by atoms with E-state index < -0.39 is 10.8 Å². The Morgan fingerprint density at radius 1 is 0.857 bits per heavy atom. The summed E-state index contributed by atoms with van der Waals surface area (Å²) in [5.41, 5.74) is 1.18. The monoisotopic (exact) mass is 501 g/mol. The number of benzene rings is 3. The normalized spacial score (nSPS) is 11.0. The van der Waals surface area contributed by atoms with E-state index in [0.29, 0.717) is 11.3 Å². The summed E-state index contributed by atoms with van der Waals surface area (Å²) >= 11 is 2.90. The highest BCUT2D eigenvalue weighted by molar-refractivity contribution is 7.99. The molecule has 0 unspecified atom stereocenters. The van der Waals surface area contributed by atoms with Crippen LogP contribution in [0.1, 0.15) is 15.2 Å². The molecular formula is C26H19N3O4S2. The quantitative estimate of drug-likeness (QED) is 0.170. The number of nitrogens with one attached hydrogen (secondary N) is 2. The molecule has 0 aliphatic carbocycles. The first-order valence-corrected chi connectivity index (χ1v) is 12.1. The number of thiophene rings is 1. The number of nitrogens with zero attached hydrogens (tertiary/aromatic N) is 1. The Morgan fingerprint density at radius 3 is 2.11 bits per heavy atom. The summed E-state index contributed by atoms with van der Waals surface area (Å²) in [6.45, 7) is 0. The summed E-state index contributed by atoms with van der Waals surface area (Å²) in [5, 5.41) is 18.2. The largest absolute Gasteiger partial charge is 0.321 e. The Kier molecular flexibility index (Phi) is 7.71. The lowest BCUT2D eigenvalue weighted by Gasteiger charge is -2.11. The number of amides is 2. The zero-order chi connectivity index (χ0) is 24.6. The maximum atomic E-state index is 13.0. The second-order valence-corrected chi connectivity index (χ2v) is 9.35. The minimum atomic E-state index is -0.446. The first-order chi connectivity index (χ1) is 17.0. The van der Waals surface area contributed by atoms with Crippen LogP contribution in [0.2, 0.25) is 0 Å². The van der Waals surface area contributed by atoms with Gasteiger partial charge in [-0.25, -0.2) is 0 Å². The summed E-state index contributed by atoms with van der Waals surface area (Å²) in [5.74, 6) is -0.822. The van der Waals surface area contributed by atoms with Gasteiger partial charge < -0.3 is 10.6 Å². The van der Waals surface area contributed by atoms with Gasteiger partial charge in [-0.1, -0.05) is 36.0 Å². The van der Waals surface area contributed by atoms with Gasteiger partial charge in [0.25, 0.3) is 17.5 Å². The molecule has 1 aromatic heterocycles. The maximum Gasteiger partial charge on any atom is 0.272 e. The van der Waals surface area contributed by atoms with E-state index in [2.05, 4.69) is 10.6 Å². The smallest absolute Gasteiger partial charge is 0.272 e. The molecule has 0 atom stereocenters. The van der Waals surface area contributed by atoms with Gasteiger partial charge in [0.05, 0.1) is 4.92 Å². The lowest BCUT2D eigenvalue weighted by molar-refractivity contribution is -0.384. The predicted molar refractivity (Wildman–Crippen MR) is 138 cm³/mol. The van der Waals surface area contributed by atoms with Crippen molar-refractivity contribution in [2.24, 2.45) is 0 Å². The Bertz CT molecular complexity index is 1350. The fraction of sp³-hybridized carbons (Fsp3) is 0. The van der Waals surface area contributed by atoms with Crippen molar-refractivity contribution >= 4 is 52.4 Å². The van der Waals surface area contributed by atoms with Crippen LogP contribution in [0.3, 0.4) is 0 Å². The third-order valence-corrected chi connectivity index (χ3v) is 6.59. The van der Waals surface area contributed by atoms with Crippen LogP contribution >= 0.6 is 23.1 Å². The molecule has 0 radical (unpaired) electrons. The predicted octanol–water partition coefficient (Wildman–Crippen LogP) is 6.22. The van der Waals surface area contributed by atoms with Crippen LogP contribution in [0.25, 0.3) is 6.08 Å². The number of rotatable bonds is 8. The van der Waals surface area contributed by atoms with Crippen molar-refractivity contribution in [3.8, 4) is 0 Å². The summed E-state index contributed by atoms with van der Waals surface area (Å²) in [4.78, 5) is 38.6. The number of anilines is 1. The van der Waals surface area contributed by atoms with Crippen LogP contribution in [-0.2, 0) is 4.79 Å². The molecule has 0 aliphatic heterocycles. The molecule has 2 amide bonds. The molecule has 35 heavy (non-hydrogen) atoms. The van der Waals surface area contributed by atoms with Crippen molar-refractivity contribution in [1.82, 2.24) is 5.32 Å². The SMILES string of the molecule is O=C(Nc1ccc(Sc2ccc([N+](=O)[O-])cc2)cc1)/C(=C\c1cccs1)NC(=O)c1ccccc1. The standard InChI is InChI=1S/C26H19N3O4S2/c30-25(18-5-2-1-3-6-18)28-24(17-23-7-4-16-34-23)26(31)27-19-8-12-21(13-9-19)35-22-14-10-20(11-15-22)29(32)33/h1-17H,(H,27,31)(H,28,30)/b24-17+. The van der Waals surface area contributed by atoms with Crippen molar-refractivity contribution in [2.45, 2.75) is 9.79 Å². The van der Waals surface area contributed by atoms with Crippen molar-refractivity contribution in [3.63, 3.8) is 0 Å². The molecule has 0 bridgehead atoms. The molecule has 0 saturated heterocycles. The fourth-order valence-corrected chi connectivity index (χ4v) is 4.51. The zero-order valence-corrected chi connectivity index (χ0v) is 19.8. The second kappa shape index (κ2) is 11.3. The number of nitro groups is 1. The number of non-ortho nitro benzene ring substituents is 1. The molecule has 1 heterocycles. The highest BCUT2D eigenvalue weighted by Gasteiger charge is 2.15. The van der Waals surface area contributed by atoms with Gasteiger partial charge in [0.1, 0.15) is 5.70 Å². The highest BCUT2D eigenvalue weighted by Crippen LogP contribution is 2.30. The summed E-state index contributed by atoms with van der Waals surface area (Å²) < 4.78 is 0. The Hall–Kier alpha value is -4.21. The van der Waals surface area contributed by atoms with E-state index in [0.717, 1.165) is 14.7 Å². The Labute approximate surface area is 209 Å². The van der Waals surface area contributed by atoms with Crippen LogP contribution in [0, 0.1) is 10.1 Å². The van der Waals surface area contributed by atoms with Gasteiger partial charge in [-0.05, 0) is 66.1 Å². The number of carbonyl (C=O) groups is 2. The van der Waals surface area contributed by atoms with Crippen molar-refractivity contribution < 1.29 is 14.5 Å². The zero-order valence-electron chi connectivity index (χ0n) is 18.2. The minimum Gasteiger partial charge on any atom is -0.321 e.